The Morgan fingerprint density at radius 2 is 1.77 bits per heavy atom. The van der Waals surface area contributed by atoms with Gasteiger partial charge in [-0.3, -0.25) is 0 Å². The molecule has 2 aliphatic heterocycles. The summed E-state index contributed by atoms with van der Waals surface area (Å²) in [6, 6.07) is 6.02. The monoisotopic (exact) mass is 509 g/mol. The van der Waals surface area contributed by atoms with E-state index >= 15 is 0 Å². The summed E-state index contributed by atoms with van der Waals surface area (Å²) in [4.78, 5) is 4.80. The zero-order valence-electron chi connectivity index (χ0n) is 20.1. The van der Waals surface area contributed by atoms with E-state index in [1.807, 2.05) is 7.05 Å². The third-order valence-electron chi connectivity index (χ3n) is 7.93. The molecule has 3 aliphatic rings. The maximum absolute atomic E-state index is 12.9. The lowest BCUT2D eigenvalue weighted by Gasteiger charge is -2.27. The van der Waals surface area contributed by atoms with Gasteiger partial charge >= 0.3 is 6.18 Å². The van der Waals surface area contributed by atoms with Crippen LogP contribution in [0.1, 0.15) is 55.8 Å². The standard InChI is InChI=1S/C25H34F3N5OS/c1-31-23(17-3-9-21(34)10-4-17)29-30-24(31)35-14-2-12-32-15-18-11-13-33(22(18)16-32)20-7-5-19(6-8-20)25(26,27)28/h5-8,17-18,21-22,34H,2-4,9-16H2,1H3/t17?,18-,21?,22+/m1/s1. The lowest BCUT2D eigenvalue weighted by molar-refractivity contribution is -0.137. The first kappa shape index (κ1) is 24.9. The second-order valence-corrected chi connectivity index (χ2v) is 11.3. The van der Waals surface area contributed by atoms with Crippen molar-refractivity contribution in [3.8, 4) is 0 Å². The maximum atomic E-state index is 12.9. The molecule has 0 unspecified atom stereocenters. The molecular weight excluding hydrogens is 475 g/mol. The molecule has 1 aromatic heterocycles. The van der Waals surface area contributed by atoms with Crippen LogP contribution in [0.3, 0.4) is 0 Å². The molecule has 6 nitrogen and oxygen atoms in total. The largest absolute Gasteiger partial charge is 0.416 e. The van der Waals surface area contributed by atoms with Gasteiger partial charge in [-0.1, -0.05) is 11.8 Å². The first-order valence-corrected chi connectivity index (χ1v) is 13.6. The van der Waals surface area contributed by atoms with Crippen molar-refractivity contribution in [1.82, 2.24) is 19.7 Å². The van der Waals surface area contributed by atoms with E-state index in [1.54, 1.807) is 23.9 Å². The van der Waals surface area contributed by atoms with Crippen LogP contribution in [0.5, 0.6) is 0 Å². The molecule has 2 atom stereocenters. The quantitative estimate of drug-likeness (QED) is 0.437. The fourth-order valence-electron chi connectivity index (χ4n) is 5.99. The first-order valence-electron chi connectivity index (χ1n) is 12.7. The van der Waals surface area contributed by atoms with Crippen LogP contribution in [-0.4, -0.2) is 68.8 Å². The molecule has 2 saturated heterocycles. The number of aliphatic hydroxyl groups is 1. The number of hydrogen-bond acceptors (Lipinski definition) is 6. The summed E-state index contributed by atoms with van der Waals surface area (Å²) in [6.45, 7) is 3.97. The lowest BCUT2D eigenvalue weighted by atomic mass is 9.87. The topological polar surface area (TPSA) is 57.4 Å². The lowest BCUT2D eigenvalue weighted by Crippen LogP contribution is -2.35. The number of hydrogen-bond donors (Lipinski definition) is 1. The molecule has 1 saturated carbocycles. The van der Waals surface area contributed by atoms with Crippen molar-refractivity contribution in [3.63, 3.8) is 0 Å². The molecule has 192 valence electrons. The average Bonchev–Trinajstić information content (AvgIpc) is 3.51. The van der Waals surface area contributed by atoms with Crippen molar-refractivity contribution in [2.75, 3.05) is 36.8 Å². The Morgan fingerprint density at radius 1 is 1.03 bits per heavy atom. The number of fused-ring (bicyclic) bond motifs is 1. The van der Waals surface area contributed by atoms with E-state index < -0.39 is 11.7 Å². The SMILES string of the molecule is Cn1c(SCCCN2C[C@H]3CCN(c4ccc(C(F)(F)F)cc4)[C@H]3C2)nnc1C1CCC(O)CC1. The van der Waals surface area contributed by atoms with Crippen LogP contribution in [0.2, 0.25) is 0 Å². The fourth-order valence-corrected chi connectivity index (χ4v) is 6.83. The number of benzene rings is 1. The number of rotatable bonds is 7. The number of thioether (sulfide) groups is 1. The summed E-state index contributed by atoms with van der Waals surface area (Å²) in [5.74, 6) is 2.99. The number of alkyl halides is 3. The zero-order valence-corrected chi connectivity index (χ0v) is 20.9. The highest BCUT2D eigenvalue weighted by molar-refractivity contribution is 7.99. The highest BCUT2D eigenvalue weighted by atomic mass is 32.2. The number of likely N-dealkylation sites (tertiary alicyclic amines) is 1. The van der Waals surface area contributed by atoms with Gasteiger partial charge in [0, 0.05) is 50.1 Å². The Kier molecular flexibility index (Phi) is 7.33. The summed E-state index contributed by atoms with van der Waals surface area (Å²) in [7, 11) is 2.04. The molecule has 1 N–H and O–H groups in total. The van der Waals surface area contributed by atoms with E-state index in [2.05, 4.69) is 24.6 Å². The minimum atomic E-state index is -4.29. The predicted octanol–water partition coefficient (Wildman–Crippen LogP) is 4.55. The predicted molar refractivity (Wildman–Crippen MR) is 131 cm³/mol. The van der Waals surface area contributed by atoms with E-state index in [-0.39, 0.29) is 6.10 Å². The Labute approximate surface area is 208 Å². The number of aliphatic hydroxyl groups excluding tert-OH is 1. The summed E-state index contributed by atoms with van der Waals surface area (Å²) < 4.78 is 40.8. The Bertz CT molecular complexity index is 990. The number of nitrogens with zero attached hydrogens (tertiary/aromatic N) is 5. The van der Waals surface area contributed by atoms with Gasteiger partial charge in [-0.25, -0.2) is 0 Å². The van der Waals surface area contributed by atoms with Gasteiger partial charge in [-0.05, 0) is 75.3 Å². The minimum absolute atomic E-state index is 0.166. The van der Waals surface area contributed by atoms with Crippen LogP contribution in [0.25, 0.3) is 0 Å². The van der Waals surface area contributed by atoms with Crippen molar-refractivity contribution in [3.05, 3.63) is 35.7 Å². The second-order valence-electron chi connectivity index (χ2n) is 10.2. The van der Waals surface area contributed by atoms with Crippen molar-refractivity contribution < 1.29 is 18.3 Å². The average molecular weight is 510 g/mol. The van der Waals surface area contributed by atoms with E-state index in [1.165, 1.54) is 12.1 Å². The van der Waals surface area contributed by atoms with Crippen LogP contribution in [0, 0.1) is 5.92 Å². The van der Waals surface area contributed by atoms with E-state index in [9.17, 15) is 18.3 Å². The Morgan fingerprint density at radius 3 is 2.49 bits per heavy atom. The second kappa shape index (κ2) is 10.3. The molecular formula is C25H34F3N5OS. The molecule has 1 aromatic carbocycles. The number of halogens is 3. The summed E-state index contributed by atoms with van der Waals surface area (Å²) >= 11 is 1.75. The van der Waals surface area contributed by atoms with Gasteiger partial charge in [-0.2, -0.15) is 13.2 Å². The molecule has 0 bridgehead atoms. The molecule has 35 heavy (non-hydrogen) atoms. The van der Waals surface area contributed by atoms with Crippen molar-refractivity contribution >= 4 is 17.4 Å². The smallest absolute Gasteiger partial charge is 0.393 e. The van der Waals surface area contributed by atoms with Crippen LogP contribution in [0.4, 0.5) is 18.9 Å². The number of aromatic nitrogens is 3. The fraction of sp³-hybridized carbons (Fsp3) is 0.680. The Balaban J connectivity index is 1.08. The molecule has 10 heteroatoms. The molecule has 1 aliphatic carbocycles. The number of anilines is 1. The van der Waals surface area contributed by atoms with Gasteiger partial charge in [0.1, 0.15) is 5.82 Å². The van der Waals surface area contributed by atoms with Gasteiger partial charge in [0.2, 0.25) is 0 Å². The van der Waals surface area contributed by atoms with E-state index in [4.69, 9.17) is 0 Å². The van der Waals surface area contributed by atoms with Crippen molar-refractivity contribution in [1.29, 1.82) is 0 Å². The summed E-state index contributed by atoms with van der Waals surface area (Å²) in [6.07, 6.45) is 1.32. The molecule has 0 spiro atoms. The molecule has 3 fully saturated rings. The molecule has 2 aromatic rings. The first-order chi connectivity index (χ1) is 16.8. The third-order valence-corrected chi connectivity index (χ3v) is 9.04. The summed E-state index contributed by atoms with van der Waals surface area (Å²) in [5, 5.41) is 19.6. The molecule has 0 amide bonds. The van der Waals surface area contributed by atoms with Crippen molar-refractivity contribution in [2.45, 2.75) is 67.9 Å². The highest BCUT2D eigenvalue weighted by Gasteiger charge is 2.41. The van der Waals surface area contributed by atoms with E-state index in [0.717, 1.165) is 87.1 Å². The van der Waals surface area contributed by atoms with Gasteiger partial charge in [0.25, 0.3) is 0 Å². The van der Waals surface area contributed by atoms with Gasteiger partial charge in [-0.15, -0.1) is 10.2 Å². The molecule has 5 rings (SSSR count). The Hall–Kier alpha value is -1.78. The highest BCUT2D eigenvalue weighted by Crippen LogP contribution is 2.37. The zero-order chi connectivity index (χ0) is 24.6. The minimum Gasteiger partial charge on any atom is -0.393 e. The summed E-state index contributed by atoms with van der Waals surface area (Å²) in [5.41, 5.74) is 0.309. The normalized spacial score (nSPS) is 27.5. The van der Waals surface area contributed by atoms with Crippen LogP contribution >= 0.6 is 11.8 Å². The van der Waals surface area contributed by atoms with Gasteiger partial charge in [0.05, 0.1) is 11.7 Å². The molecule has 0 radical (unpaired) electrons. The molecule has 3 heterocycles. The van der Waals surface area contributed by atoms with Gasteiger partial charge < -0.3 is 19.5 Å². The van der Waals surface area contributed by atoms with Crippen molar-refractivity contribution in [2.24, 2.45) is 13.0 Å². The van der Waals surface area contributed by atoms with Gasteiger partial charge in [0.15, 0.2) is 5.16 Å². The van der Waals surface area contributed by atoms with Crippen LogP contribution in [0.15, 0.2) is 29.4 Å². The van der Waals surface area contributed by atoms with Crippen LogP contribution in [-0.2, 0) is 13.2 Å². The van der Waals surface area contributed by atoms with E-state index in [0.29, 0.717) is 17.9 Å². The van der Waals surface area contributed by atoms with Crippen LogP contribution < -0.4 is 4.90 Å². The maximum Gasteiger partial charge on any atom is 0.416 e. The third kappa shape index (κ3) is 5.49.